The van der Waals surface area contributed by atoms with Crippen LogP contribution in [0.2, 0.25) is 0 Å². The van der Waals surface area contributed by atoms with Crippen molar-refractivity contribution in [2.75, 3.05) is 0 Å². The molecule has 0 saturated carbocycles. The van der Waals surface area contributed by atoms with E-state index < -0.39 is 0 Å². The number of rotatable bonds is 1. The van der Waals surface area contributed by atoms with Crippen LogP contribution in [0.3, 0.4) is 0 Å². The minimum Gasteiger partial charge on any atom is -0.256 e. The second-order valence-corrected chi connectivity index (χ2v) is 2.87. The van der Waals surface area contributed by atoms with Gasteiger partial charge in [0.15, 0.2) is 0 Å². The third kappa shape index (κ3) is 1.75. The highest BCUT2D eigenvalue weighted by Crippen LogP contribution is 2.16. The molecule has 0 saturated heterocycles. The fourth-order valence-corrected chi connectivity index (χ4v) is 1.18. The van der Waals surface area contributed by atoms with Crippen LogP contribution in [0.25, 0.3) is 11.3 Å². The monoisotopic (exact) mass is 171 g/mol. The topological polar surface area (TPSA) is 12.9 Å². The number of aromatic nitrogens is 1. The maximum atomic E-state index is 7.89. The molecule has 0 unspecified atom stereocenters. The Labute approximate surface area is 80.9 Å². The van der Waals surface area contributed by atoms with E-state index in [-0.39, 0.29) is 0 Å². The average molecular weight is 171 g/mol. The van der Waals surface area contributed by atoms with Crippen LogP contribution in [-0.4, -0.2) is 4.98 Å². The smallest absolute Gasteiger partial charge is 0.0704 e. The molecule has 0 bridgehead atoms. The first-order valence-electron chi connectivity index (χ1n) is 5.18. The zero-order valence-electron chi connectivity index (χ0n) is 9.41. The molecule has 13 heavy (non-hydrogen) atoms. The van der Waals surface area contributed by atoms with Gasteiger partial charge < -0.3 is 0 Å². The van der Waals surface area contributed by atoms with Crippen molar-refractivity contribution in [3.63, 3.8) is 0 Å². The summed E-state index contributed by atoms with van der Waals surface area (Å²) in [5, 5.41) is 0. The van der Waals surface area contributed by atoms with Gasteiger partial charge in [-0.25, -0.2) is 0 Å². The van der Waals surface area contributed by atoms with E-state index in [0.717, 1.165) is 5.56 Å². The van der Waals surface area contributed by atoms with E-state index in [1.165, 1.54) is 6.20 Å². The van der Waals surface area contributed by atoms with Gasteiger partial charge in [0.2, 0.25) is 0 Å². The van der Waals surface area contributed by atoms with E-state index in [4.69, 9.17) is 2.74 Å². The van der Waals surface area contributed by atoms with Crippen molar-refractivity contribution >= 4 is 0 Å². The van der Waals surface area contributed by atoms with Crippen LogP contribution in [0.15, 0.2) is 48.6 Å². The van der Waals surface area contributed by atoms with Crippen molar-refractivity contribution in [3.8, 4) is 11.3 Å². The van der Waals surface area contributed by atoms with Gasteiger partial charge in [0, 0.05) is 11.8 Å². The molecule has 0 aliphatic carbocycles. The van der Waals surface area contributed by atoms with Gasteiger partial charge in [-0.3, -0.25) is 4.98 Å². The molecule has 0 aliphatic heterocycles. The molecule has 1 heterocycles. The lowest BCUT2D eigenvalue weighted by Crippen LogP contribution is -1.82. The predicted octanol–water partition coefficient (Wildman–Crippen LogP) is 3.06. The molecule has 0 aliphatic rings. The van der Waals surface area contributed by atoms with E-state index in [1.54, 1.807) is 6.92 Å². The summed E-state index contributed by atoms with van der Waals surface area (Å²) in [5.74, 6) is 0. The molecule has 0 amide bonds. The minimum absolute atomic E-state index is 0.319. The summed E-state index contributed by atoms with van der Waals surface area (Å²) >= 11 is 0. The molecule has 1 nitrogen and oxygen atoms in total. The van der Waals surface area contributed by atoms with Crippen molar-refractivity contribution in [2.45, 2.75) is 6.92 Å². The van der Waals surface area contributed by atoms with Crippen molar-refractivity contribution in [2.24, 2.45) is 0 Å². The van der Waals surface area contributed by atoms with Crippen LogP contribution in [-0.2, 0) is 0 Å². The van der Waals surface area contributed by atoms with Gasteiger partial charge in [-0.1, -0.05) is 30.3 Å². The van der Waals surface area contributed by atoms with E-state index >= 15 is 0 Å². The normalized spacial score (nSPS) is 12.1. The van der Waals surface area contributed by atoms with Gasteiger partial charge in [0.1, 0.15) is 0 Å². The Balaban J connectivity index is 2.60. The van der Waals surface area contributed by atoms with Crippen molar-refractivity contribution < 1.29 is 2.74 Å². The number of benzene rings is 1. The molecule has 0 radical (unpaired) electrons. The highest BCUT2D eigenvalue weighted by atomic mass is 14.7. The number of hydrogen-bond donors (Lipinski definition) is 0. The van der Waals surface area contributed by atoms with Crippen LogP contribution in [0, 0.1) is 6.92 Å². The van der Waals surface area contributed by atoms with E-state index in [2.05, 4.69) is 4.98 Å². The Morgan fingerprint density at radius 2 is 2.00 bits per heavy atom. The third-order valence-corrected chi connectivity index (χ3v) is 1.83. The molecule has 0 fully saturated rings. The standard InChI is InChI=1S/C12H11N/c1-10-7-8-13-12(9-10)11-5-3-2-4-6-11/h2-9H,1H3/i7D,9D. The first-order chi connectivity index (χ1) is 7.20. The molecule has 0 atom stereocenters. The lowest BCUT2D eigenvalue weighted by molar-refractivity contribution is 1.29. The summed E-state index contributed by atoms with van der Waals surface area (Å²) in [6, 6.07) is 10.3. The summed E-state index contributed by atoms with van der Waals surface area (Å²) in [6.45, 7) is 1.78. The summed E-state index contributed by atoms with van der Waals surface area (Å²) < 4.78 is 15.4. The van der Waals surface area contributed by atoms with Crippen LogP contribution in [0.4, 0.5) is 0 Å². The SMILES string of the molecule is [2H]c1cnc(-c2ccccc2)c([2H])c1C. The molecular formula is C12H11N. The summed E-state index contributed by atoms with van der Waals surface area (Å²) in [4.78, 5) is 4.13. The molecular weight excluding hydrogens is 158 g/mol. The number of hydrogen-bond acceptors (Lipinski definition) is 1. The highest BCUT2D eigenvalue weighted by molar-refractivity contribution is 5.59. The maximum absolute atomic E-state index is 7.89. The van der Waals surface area contributed by atoms with Crippen molar-refractivity contribution in [1.82, 2.24) is 4.98 Å². The minimum atomic E-state index is 0.319. The summed E-state index contributed by atoms with van der Waals surface area (Å²) in [7, 11) is 0. The first-order valence-corrected chi connectivity index (χ1v) is 4.18. The van der Waals surface area contributed by atoms with Crippen molar-refractivity contribution in [3.05, 3.63) is 54.2 Å². The Bertz CT molecular complexity index is 480. The Morgan fingerprint density at radius 3 is 2.77 bits per heavy atom. The van der Waals surface area contributed by atoms with Gasteiger partial charge in [-0.05, 0) is 24.6 Å². The summed E-state index contributed by atoms with van der Waals surface area (Å²) in [6.07, 6.45) is 1.50. The molecule has 2 rings (SSSR count). The van der Waals surface area contributed by atoms with Crippen LogP contribution in [0.1, 0.15) is 8.30 Å². The first kappa shape index (κ1) is 5.92. The molecule has 64 valence electrons. The lowest BCUT2D eigenvalue weighted by atomic mass is 10.1. The van der Waals surface area contributed by atoms with Gasteiger partial charge >= 0.3 is 0 Å². The largest absolute Gasteiger partial charge is 0.256 e. The van der Waals surface area contributed by atoms with Crippen LogP contribution in [0.5, 0.6) is 0 Å². The lowest BCUT2D eigenvalue weighted by Gasteiger charge is -2.00. The van der Waals surface area contributed by atoms with E-state index in [9.17, 15) is 0 Å². The van der Waals surface area contributed by atoms with Crippen LogP contribution >= 0.6 is 0 Å². The zero-order chi connectivity index (χ0) is 10.8. The second kappa shape index (κ2) is 3.40. The quantitative estimate of drug-likeness (QED) is 0.642. The van der Waals surface area contributed by atoms with Crippen LogP contribution < -0.4 is 0 Å². The zero-order valence-corrected chi connectivity index (χ0v) is 7.41. The van der Waals surface area contributed by atoms with E-state index in [1.807, 2.05) is 30.3 Å². The molecule has 1 heteroatoms. The number of nitrogens with zero attached hydrogens (tertiary/aromatic N) is 1. The Hall–Kier alpha value is -1.63. The molecule has 0 spiro atoms. The molecule has 1 aromatic heterocycles. The number of pyridine rings is 1. The molecule has 0 N–H and O–H groups in total. The van der Waals surface area contributed by atoms with E-state index in [0.29, 0.717) is 23.3 Å². The maximum Gasteiger partial charge on any atom is 0.0704 e. The average Bonchev–Trinajstić information content (AvgIpc) is 2.27. The fourth-order valence-electron chi connectivity index (χ4n) is 1.18. The van der Waals surface area contributed by atoms with Crippen molar-refractivity contribution in [1.29, 1.82) is 0 Å². The Kier molecular flexibility index (Phi) is 1.55. The molecule has 2 aromatic rings. The van der Waals surface area contributed by atoms with Gasteiger partial charge in [0.05, 0.1) is 8.44 Å². The molecule has 1 aromatic carbocycles. The summed E-state index contributed by atoms with van der Waals surface area (Å²) in [5.41, 5.74) is 2.23. The van der Waals surface area contributed by atoms with Gasteiger partial charge in [0.25, 0.3) is 0 Å². The third-order valence-electron chi connectivity index (χ3n) is 1.83. The fraction of sp³-hybridized carbons (Fsp3) is 0.0833. The predicted molar refractivity (Wildman–Crippen MR) is 54.4 cm³/mol. The highest BCUT2D eigenvalue weighted by Gasteiger charge is 1.96. The Morgan fingerprint density at radius 1 is 1.23 bits per heavy atom. The second-order valence-electron chi connectivity index (χ2n) is 2.87. The van der Waals surface area contributed by atoms with Gasteiger partial charge in [-0.15, -0.1) is 0 Å². The van der Waals surface area contributed by atoms with Gasteiger partial charge in [-0.2, -0.15) is 0 Å².